The second kappa shape index (κ2) is 12.4. The van der Waals surface area contributed by atoms with Gasteiger partial charge in [0.15, 0.2) is 11.5 Å². The SMILES string of the molecule is CCOc1ccccc1OCC1CN(C(=O)OC(C)OC(=O)[C@@H](CN)C(C)C)CCO1. The molecule has 1 saturated heterocycles. The number of ether oxygens (including phenoxy) is 5. The van der Waals surface area contributed by atoms with Gasteiger partial charge in [-0.1, -0.05) is 26.0 Å². The predicted molar refractivity (Wildman–Crippen MR) is 114 cm³/mol. The van der Waals surface area contributed by atoms with E-state index in [0.717, 1.165) is 0 Å². The molecule has 0 bridgehead atoms. The van der Waals surface area contributed by atoms with Gasteiger partial charge < -0.3 is 34.3 Å². The molecule has 1 aromatic rings. The molecule has 2 N–H and O–H groups in total. The van der Waals surface area contributed by atoms with Crippen molar-refractivity contribution in [2.24, 2.45) is 17.6 Å². The van der Waals surface area contributed by atoms with Crippen molar-refractivity contribution in [2.75, 3.05) is 39.5 Å². The van der Waals surface area contributed by atoms with Crippen LogP contribution in [0.25, 0.3) is 0 Å². The summed E-state index contributed by atoms with van der Waals surface area (Å²) < 4.78 is 27.6. The summed E-state index contributed by atoms with van der Waals surface area (Å²) in [5.74, 6) is 0.399. The van der Waals surface area contributed by atoms with Crippen molar-refractivity contribution in [3.8, 4) is 11.5 Å². The summed E-state index contributed by atoms with van der Waals surface area (Å²) in [5, 5.41) is 0. The number of carbonyl (C=O) groups is 2. The Balaban J connectivity index is 1.83. The molecule has 9 nitrogen and oxygen atoms in total. The molecule has 1 heterocycles. The lowest BCUT2D eigenvalue weighted by atomic mass is 9.96. The zero-order chi connectivity index (χ0) is 22.8. The highest BCUT2D eigenvalue weighted by Gasteiger charge is 2.29. The van der Waals surface area contributed by atoms with Gasteiger partial charge in [0.25, 0.3) is 0 Å². The molecule has 0 radical (unpaired) electrons. The summed E-state index contributed by atoms with van der Waals surface area (Å²) in [6, 6.07) is 7.39. The second-order valence-corrected chi connectivity index (χ2v) is 7.60. The van der Waals surface area contributed by atoms with E-state index in [9.17, 15) is 9.59 Å². The minimum atomic E-state index is -1.01. The van der Waals surface area contributed by atoms with Gasteiger partial charge in [-0.25, -0.2) is 4.79 Å². The molecule has 1 aliphatic rings. The lowest BCUT2D eigenvalue weighted by Crippen LogP contribution is -2.48. The lowest BCUT2D eigenvalue weighted by molar-refractivity contribution is -0.173. The van der Waals surface area contributed by atoms with Crippen LogP contribution in [0.4, 0.5) is 4.79 Å². The molecule has 2 rings (SSSR count). The summed E-state index contributed by atoms with van der Waals surface area (Å²) in [5.41, 5.74) is 5.63. The van der Waals surface area contributed by atoms with E-state index in [1.54, 1.807) is 0 Å². The largest absolute Gasteiger partial charge is 0.490 e. The molecule has 0 aromatic heterocycles. The number of benzene rings is 1. The number of amides is 1. The first-order chi connectivity index (χ1) is 14.8. The third-order valence-electron chi connectivity index (χ3n) is 4.88. The van der Waals surface area contributed by atoms with Crippen LogP contribution in [0.5, 0.6) is 11.5 Å². The van der Waals surface area contributed by atoms with E-state index in [0.29, 0.717) is 37.8 Å². The van der Waals surface area contributed by atoms with Gasteiger partial charge in [0.1, 0.15) is 12.7 Å². The van der Waals surface area contributed by atoms with Crippen LogP contribution in [0.15, 0.2) is 24.3 Å². The van der Waals surface area contributed by atoms with Crippen molar-refractivity contribution in [1.82, 2.24) is 4.90 Å². The molecule has 0 spiro atoms. The van der Waals surface area contributed by atoms with Crippen LogP contribution >= 0.6 is 0 Å². The van der Waals surface area contributed by atoms with Crippen molar-refractivity contribution >= 4 is 12.1 Å². The first-order valence-corrected chi connectivity index (χ1v) is 10.7. The smallest absolute Gasteiger partial charge is 0.413 e. The van der Waals surface area contributed by atoms with Crippen molar-refractivity contribution in [1.29, 1.82) is 0 Å². The monoisotopic (exact) mass is 438 g/mol. The maximum Gasteiger partial charge on any atom is 0.413 e. The minimum absolute atomic E-state index is 0.0354. The van der Waals surface area contributed by atoms with Gasteiger partial charge in [-0.3, -0.25) is 4.79 Å². The Morgan fingerprint density at radius 3 is 2.45 bits per heavy atom. The molecule has 3 atom stereocenters. The molecule has 1 aromatic carbocycles. The maximum atomic E-state index is 12.5. The average molecular weight is 439 g/mol. The number of hydrogen-bond donors (Lipinski definition) is 1. The molecule has 0 saturated carbocycles. The molecule has 31 heavy (non-hydrogen) atoms. The van der Waals surface area contributed by atoms with Crippen molar-refractivity contribution < 1.29 is 33.3 Å². The van der Waals surface area contributed by atoms with Crippen LogP contribution in [0.2, 0.25) is 0 Å². The summed E-state index contributed by atoms with van der Waals surface area (Å²) in [6.45, 7) is 9.18. The van der Waals surface area contributed by atoms with Gasteiger partial charge in [-0.2, -0.15) is 0 Å². The number of para-hydroxylation sites is 2. The fourth-order valence-corrected chi connectivity index (χ4v) is 3.14. The standard InChI is InChI=1S/C22H34N2O7/c1-5-27-19-8-6-7-9-20(19)29-14-17-13-24(10-11-28-17)22(26)31-16(4)30-21(25)18(12-23)15(2)3/h6-9,15-18H,5,10-14,23H2,1-4H3/t16?,17?,18-/m0/s1. The van der Waals surface area contributed by atoms with Gasteiger partial charge in [0.05, 0.1) is 25.7 Å². The summed E-state index contributed by atoms with van der Waals surface area (Å²) in [7, 11) is 0. The van der Waals surface area contributed by atoms with Gasteiger partial charge >= 0.3 is 12.1 Å². The van der Waals surface area contributed by atoms with Crippen molar-refractivity contribution in [3.63, 3.8) is 0 Å². The Morgan fingerprint density at radius 1 is 1.16 bits per heavy atom. The number of carbonyl (C=O) groups excluding carboxylic acids is 2. The molecule has 9 heteroatoms. The third-order valence-corrected chi connectivity index (χ3v) is 4.88. The number of esters is 1. The topological polar surface area (TPSA) is 110 Å². The maximum absolute atomic E-state index is 12.5. The van der Waals surface area contributed by atoms with E-state index in [1.165, 1.54) is 11.8 Å². The van der Waals surface area contributed by atoms with Gasteiger partial charge in [0.2, 0.25) is 6.29 Å². The average Bonchev–Trinajstić information content (AvgIpc) is 2.73. The highest BCUT2D eigenvalue weighted by Crippen LogP contribution is 2.26. The second-order valence-electron chi connectivity index (χ2n) is 7.60. The van der Waals surface area contributed by atoms with Crippen LogP contribution < -0.4 is 15.2 Å². The zero-order valence-electron chi connectivity index (χ0n) is 18.7. The zero-order valence-corrected chi connectivity index (χ0v) is 18.7. The Hall–Kier alpha value is -2.52. The fraction of sp³-hybridized carbons (Fsp3) is 0.636. The quantitative estimate of drug-likeness (QED) is 0.438. The molecule has 174 valence electrons. The Morgan fingerprint density at radius 2 is 1.84 bits per heavy atom. The number of nitrogens with zero attached hydrogens (tertiary/aromatic N) is 1. The van der Waals surface area contributed by atoms with Crippen LogP contribution in [0.3, 0.4) is 0 Å². The summed E-state index contributed by atoms with van der Waals surface area (Å²) in [4.78, 5) is 26.2. The van der Waals surface area contributed by atoms with Crippen LogP contribution in [-0.2, 0) is 19.0 Å². The van der Waals surface area contributed by atoms with Crippen LogP contribution in [0.1, 0.15) is 27.7 Å². The van der Waals surface area contributed by atoms with Gasteiger partial charge in [-0.05, 0) is 25.0 Å². The highest BCUT2D eigenvalue weighted by atomic mass is 16.7. The molecular formula is C22H34N2O7. The highest BCUT2D eigenvalue weighted by molar-refractivity contribution is 5.73. The van der Waals surface area contributed by atoms with Crippen molar-refractivity contribution in [2.45, 2.75) is 40.1 Å². The van der Waals surface area contributed by atoms with Crippen LogP contribution in [-0.4, -0.2) is 68.8 Å². The molecule has 1 amide bonds. The van der Waals surface area contributed by atoms with E-state index in [4.69, 9.17) is 29.4 Å². The van der Waals surface area contributed by atoms with Crippen molar-refractivity contribution in [3.05, 3.63) is 24.3 Å². The van der Waals surface area contributed by atoms with Gasteiger partial charge in [0, 0.05) is 20.0 Å². The number of nitrogens with two attached hydrogens (primary N) is 1. The van der Waals surface area contributed by atoms with E-state index < -0.39 is 24.3 Å². The fourth-order valence-electron chi connectivity index (χ4n) is 3.14. The molecule has 0 aliphatic carbocycles. The first-order valence-electron chi connectivity index (χ1n) is 10.7. The summed E-state index contributed by atoms with van der Waals surface area (Å²) in [6.07, 6.45) is -1.91. The Bertz CT molecular complexity index is 713. The molecule has 2 unspecified atom stereocenters. The summed E-state index contributed by atoms with van der Waals surface area (Å²) >= 11 is 0. The lowest BCUT2D eigenvalue weighted by Gasteiger charge is -2.33. The normalized spacial score (nSPS) is 18.3. The first kappa shape index (κ1) is 24.7. The van der Waals surface area contributed by atoms with E-state index >= 15 is 0 Å². The Kier molecular flexibility index (Phi) is 9.87. The van der Waals surface area contributed by atoms with E-state index in [1.807, 2.05) is 45.0 Å². The van der Waals surface area contributed by atoms with E-state index in [-0.39, 0.29) is 25.2 Å². The molecular weight excluding hydrogens is 404 g/mol. The minimum Gasteiger partial charge on any atom is -0.490 e. The molecule has 1 aliphatic heterocycles. The van der Waals surface area contributed by atoms with E-state index in [2.05, 4.69) is 0 Å². The number of morpholine rings is 1. The Labute approximate surface area is 183 Å². The predicted octanol–water partition coefficient (Wildman–Crippen LogP) is 2.42. The third kappa shape index (κ3) is 7.59. The van der Waals surface area contributed by atoms with Crippen LogP contribution in [0, 0.1) is 11.8 Å². The van der Waals surface area contributed by atoms with Gasteiger partial charge in [-0.15, -0.1) is 0 Å². The molecule has 1 fully saturated rings. The number of hydrogen-bond acceptors (Lipinski definition) is 8. The number of rotatable bonds is 10.